The van der Waals surface area contributed by atoms with Crippen LogP contribution in [0, 0.1) is 5.92 Å². The summed E-state index contributed by atoms with van der Waals surface area (Å²) in [7, 11) is -3.36. The third-order valence-corrected chi connectivity index (χ3v) is 5.22. The minimum Gasteiger partial charge on any atom is -0.480 e. The van der Waals surface area contributed by atoms with Crippen LogP contribution in [-0.2, 0) is 21.2 Å². The van der Waals surface area contributed by atoms with Crippen molar-refractivity contribution < 1.29 is 23.1 Å². The Morgan fingerprint density at radius 3 is 2.50 bits per heavy atom. The molecule has 1 aliphatic heterocycles. The van der Waals surface area contributed by atoms with Gasteiger partial charge in [0.15, 0.2) is 0 Å². The number of fused-ring (bicyclic) bond motifs is 1. The first-order valence-corrected chi connectivity index (χ1v) is 9.60. The normalized spacial score (nSPS) is 15.8. The van der Waals surface area contributed by atoms with E-state index in [2.05, 4.69) is 5.32 Å². The van der Waals surface area contributed by atoms with Crippen LogP contribution >= 0.6 is 0 Å². The minimum atomic E-state index is -3.36. The van der Waals surface area contributed by atoms with Gasteiger partial charge in [-0.3, -0.25) is 9.10 Å². The summed E-state index contributed by atoms with van der Waals surface area (Å²) in [5, 5.41) is 11.7. The number of aryl methyl sites for hydroxylation is 1. The molecule has 24 heavy (non-hydrogen) atoms. The van der Waals surface area contributed by atoms with Gasteiger partial charge in [0.2, 0.25) is 10.0 Å². The second kappa shape index (κ2) is 6.80. The SMILES string of the molecule is CC(C)[C@H](NC(=O)c1ccc2c(c1)CCCN2S(C)(=O)=O)C(=O)O. The predicted octanol–water partition coefficient (Wildman–Crippen LogP) is 1.24. The molecule has 8 heteroatoms. The zero-order chi connectivity index (χ0) is 18.1. The summed E-state index contributed by atoms with van der Waals surface area (Å²) in [6, 6.07) is 3.80. The number of nitrogens with one attached hydrogen (secondary N) is 1. The number of amides is 1. The van der Waals surface area contributed by atoms with Gasteiger partial charge in [-0.05, 0) is 42.5 Å². The van der Waals surface area contributed by atoms with Crippen molar-refractivity contribution in [2.24, 2.45) is 5.92 Å². The molecular weight excluding hydrogens is 332 g/mol. The van der Waals surface area contributed by atoms with Crippen LogP contribution < -0.4 is 9.62 Å². The fraction of sp³-hybridized carbons (Fsp3) is 0.500. The molecule has 0 aliphatic carbocycles. The van der Waals surface area contributed by atoms with E-state index in [0.29, 0.717) is 30.6 Å². The maximum Gasteiger partial charge on any atom is 0.326 e. The first-order valence-electron chi connectivity index (χ1n) is 7.75. The van der Waals surface area contributed by atoms with E-state index < -0.39 is 27.9 Å². The van der Waals surface area contributed by atoms with Crippen LogP contribution in [0.1, 0.15) is 36.2 Å². The molecule has 132 valence electrons. The number of carbonyl (C=O) groups is 2. The monoisotopic (exact) mass is 354 g/mol. The van der Waals surface area contributed by atoms with Crippen LogP contribution in [0.4, 0.5) is 5.69 Å². The average Bonchev–Trinajstić information content (AvgIpc) is 2.49. The van der Waals surface area contributed by atoms with Crippen LogP contribution in [0.3, 0.4) is 0 Å². The minimum absolute atomic E-state index is 0.246. The molecule has 0 aromatic heterocycles. The largest absolute Gasteiger partial charge is 0.480 e. The number of aliphatic carboxylic acids is 1. The highest BCUT2D eigenvalue weighted by molar-refractivity contribution is 7.92. The van der Waals surface area contributed by atoms with E-state index in [0.717, 1.165) is 11.8 Å². The fourth-order valence-corrected chi connectivity index (χ4v) is 3.78. The zero-order valence-corrected chi connectivity index (χ0v) is 14.8. The maximum absolute atomic E-state index is 12.3. The van der Waals surface area contributed by atoms with E-state index >= 15 is 0 Å². The lowest BCUT2D eigenvalue weighted by molar-refractivity contribution is -0.140. The molecule has 0 radical (unpaired) electrons. The number of benzene rings is 1. The molecule has 2 N–H and O–H groups in total. The standard InChI is InChI=1S/C16H22N2O5S/c1-10(2)14(16(20)21)17-15(19)12-6-7-13-11(9-12)5-4-8-18(13)24(3,22)23/h6-7,9-10,14H,4-5,8H2,1-3H3,(H,17,19)(H,20,21)/t14-/m0/s1. The van der Waals surface area contributed by atoms with Crippen molar-refractivity contribution >= 4 is 27.6 Å². The molecule has 1 heterocycles. The Labute approximate surface area is 141 Å². The Balaban J connectivity index is 2.28. The van der Waals surface area contributed by atoms with Gasteiger partial charge < -0.3 is 10.4 Å². The quantitative estimate of drug-likeness (QED) is 0.828. The number of carboxylic acid groups (broad SMARTS) is 1. The Bertz CT molecular complexity index is 758. The third-order valence-electron chi connectivity index (χ3n) is 4.04. The molecule has 2 rings (SSSR count). The first-order chi connectivity index (χ1) is 11.1. The highest BCUT2D eigenvalue weighted by Crippen LogP contribution is 2.29. The number of hydrogen-bond donors (Lipinski definition) is 2. The van der Waals surface area contributed by atoms with Gasteiger partial charge in [-0.15, -0.1) is 0 Å². The van der Waals surface area contributed by atoms with Crippen LogP contribution in [0.5, 0.6) is 0 Å². The van der Waals surface area contributed by atoms with Crippen molar-refractivity contribution in [3.05, 3.63) is 29.3 Å². The summed E-state index contributed by atoms with van der Waals surface area (Å²) in [6.45, 7) is 3.86. The third kappa shape index (κ3) is 3.87. The van der Waals surface area contributed by atoms with Crippen LogP contribution in [0.25, 0.3) is 0 Å². The summed E-state index contributed by atoms with van der Waals surface area (Å²) >= 11 is 0. The number of rotatable bonds is 5. The van der Waals surface area contributed by atoms with Crippen molar-refractivity contribution in [2.45, 2.75) is 32.7 Å². The van der Waals surface area contributed by atoms with Gasteiger partial charge in [-0.25, -0.2) is 13.2 Å². The maximum atomic E-state index is 12.3. The highest BCUT2D eigenvalue weighted by Gasteiger charge is 2.27. The molecule has 0 spiro atoms. The lowest BCUT2D eigenvalue weighted by atomic mass is 9.99. The molecule has 1 aliphatic rings. The van der Waals surface area contributed by atoms with Crippen LogP contribution in [0.15, 0.2) is 18.2 Å². The smallest absolute Gasteiger partial charge is 0.326 e. The topological polar surface area (TPSA) is 104 Å². The van der Waals surface area contributed by atoms with Gasteiger partial charge in [0, 0.05) is 12.1 Å². The molecule has 1 aromatic rings. The molecular formula is C16H22N2O5S. The van der Waals surface area contributed by atoms with Crippen LogP contribution in [0.2, 0.25) is 0 Å². The number of hydrogen-bond acceptors (Lipinski definition) is 4. The summed E-state index contributed by atoms with van der Waals surface area (Å²) in [5.41, 5.74) is 1.69. The Hall–Kier alpha value is -2.09. The van der Waals surface area contributed by atoms with E-state index in [4.69, 9.17) is 5.11 Å². The number of anilines is 1. The molecule has 0 unspecified atom stereocenters. The Morgan fingerprint density at radius 2 is 1.96 bits per heavy atom. The zero-order valence-electron chi connectivity index (χ0n) is 13.9. The van der Waals surface area contributed by atoms with Crippen molar-refractivity contribution in [1.82, 2.24) is 5.32 Å². The van der Waals surface area contributed by atoms with Crippen molar-refractivity contribution in [3.8, 4) is 0 Å². The van der Waals surface area contributed by atoms with Crippen LogP contribution in [-0.4, -0.2) is 44.2 Å². The van der Waals surface area contributed by atoms with E-state index in [9.17, 15) is 18.0 Å². The van der Waals surface area contributed by atoms with E-state index in [1.165, 1.54) is 10.4 Å². The average molecular weight is 354 g/mol. The lowest BCUT2D eigenvalue weighted by Crippen LogP contribution is -2.44. The van der Waals surface area contributed by atoms with E-state index in [1.807, 2.05) is 0 Å². The molecule has 0 saturated carbocycles. The Morgan fingerprint density at radius 1 is 1.29 bits per heavy atom. The number of sulfonamides is 1. The molecule has 0 fully saturated rings. The fourth-order valence-electron chi connectivity index (χ4n) is 2.79. The van der Waals surface area contributed by atoms with E-state index in [1.54, 1.807) is 26.0 Å². The van der Waals surface area contributed by atoms with Crippen molar-refractivity contribution in [1.29, 1.82) is 0 Å². The van der Waals surface area contributed by atoms with Crippen molar-refractivity contribution in [2.75, 3.05) is 17.1 Å². The van der Waals surface area contributed by atoms with E-state index in [-0.39, 0.29) is 5.92 Å². The highest BCUT2D eigenvalue weighted by atomic mass is 32.2. The lowest BCUT2D eigenvalue weighted by Gasteiger charge is -2.29. The number of carbonyl (C=O) groups excluding carboxylic acids is 1. The van der Waals surface area contributed by atoms with Gasteiger partial charge in [-0.1, -0.05) is 13.8 Å². The van der Waals surface area contributed by atoms with Gasteiger partial charge in [0.25, 0.3) is 5.91 Å². The summed E-state index contributed by atoms with van der Waals surface area (Å²) in [5.74, 6) is -1.81. The molecule has 1 atom stereocenters. The molecule has 7 nitrogen and oxygen atoms in total. The number of nitrogens with zero attached hydrogens (tertiary/aromatic N) is 1. The molecule has 1 aromatic carbocycles. The Kier molecular flexibility index (Phi) is 5.17. The summed E-state index contributed by atoms with van der Waals surface area (Å²) < 4.78 is 25.0. The molecule has 0 saturated heterocycles. The van der Waals surface area contributed by atoms with Gasteiger partial charge in [0.1, 0.15) is 6.04 Å². The number of carboxylic acids is 1. The molecule has 1 amide bonds. The van der Waals surface area contributed by atoms with Crippen molar-refractivity contribution in [3.63, 3.8) is 0 Å². The van der Waals surface area contributed by atoms with Gasteiger partial charge in [-0.2, -0.15) is 0 Å². The van der Waals surface area contributed by atoms with Gasteiger partial charge >= 0.3 is 5.97 Å². The summed E-state index contributed by atoms with van der Waals surface area (Å²) in [6.07, 6.45) is 2.51. The summed E-state index contributed by atoms with van der Waals surface area (Å²) in [4.78, 5) is 23.5. The van der Waals surface area contributed by atoms with Gasteiger partial charge in [0.05, 0.1) is 11.9 Å². The second-order valence-corrected chi connectivity index (χ2v) is 8.22. The second-order valence-electron chi connectivity index (χ2n) is 6.32. The molecule has 0 bridgehead atoms. The first kappa shape index (κ1) is 18.3. The predicted molar refractivity (Wildman–Crippen MR) is 90.7 cm³/mol.